The van der Waals surface area contributed by atoms with E-state index in [2.05, 4.69) is 23.9 Å². The molecule has 0 saturated carbocycles. The molecule has 0 atom stereocenters. The topological polar surface area (TPSA) is 58.2 Å². The van der Waals surface area contributed by atoms with Crippen LogP contribution in [0, 0.1) is 0 Å². The molecule has 5 heteroatoms. The second-order valence-electron chi connectivity index (χ2n) is 5.66. The van der Waals surface area contributed by atoms with Crippen LogP contribution < -0.4 is 10.0 Å². The Kier molecular flexibility index (Phi) is 6.49. The standard InChI is InChI=1S/C15H26N2O2S/c1-12(2)14-7-5-8-15(11-14)17-20(18,19)10-6-9-16-13(3)4/h5,7-8,11-13,16-17H,6,9-10H2,1-4H3. The molecule has 0 aliphatic carbocycles. The van der Waals surface area contributed by atoms with Gasteiger partial charge in [-0.05, 0) is 36.6 Å². The van der Waals surface area contributed by atoms with E-state index in [1.807, 2.05) is 32.0 Å². The van der Waals surface area contributed by atoms with Gasteiger partial charge in [0.2, 0.25) is 10.0 Å². The first kappa shape index (κ1) is 17.0. The molecule has 0 aromatic heterocycles. The summed E-state index contributed by atoms with van der Waals surface area (Å²) in [6.07, 6.45) is 0.609. The Bertz CT molecular complexity index is 510. The van der Waals surface area contributed by atoms with Gasteiger partial charge in [-0.25, -0.2) is 8.42 Å². The minimum Gasteiger partial charge on any atom is -0.314 e. The summed E-state index contributed by atoms with van der Waals surface area (Å²) in [6.45, 7) is 8.98. The number of benzene rings is 1. The zero-order valence-electron chi connectivity index (χ0n) is 12.8. The molecule has 0 aliphatic heterocycles. The molecule has 0 amide bonds. The lowest BCUT2D eigenvalue weighted by molar-refractivity contribution is 0.571. The van der Waals surface area contributed by atoms with Crippen LogP contribution in [0.5, 0.6) is 0 Å². The van der Waals surface area contributed by atoms with Crippen molar-refractivity contribution in [2.75, 3.05) is 17.0 Å². The molecule has 0 unspecified atom stereocenters. The average molecular weight is 298 g/mol. The molecule has 4 nitrogen and oxygen atoms in total. The van der Waals surface area contributed by atoms with E-state index in [0.717, 1.165) is 5.56 Å². The Morgan fingerprint density at radius 1 is 1.15 bits per heavy atom. The molecular formula is C15H26N2O2S. The Morgan fingerprint density at radius 2 is 1.85 bits per heavy atom. The zero-order valence-corrected chi connectivity index (χ0v) is 13.6. The first-order valence-corrected chi connectivity index (χ1v) is 8.79. The summed E-state index contributed by atoms with van der Waals surface area (Å²) >= 11 is 0. The number of hydrogen-bond donors (Lipinski definition) is 2. The van der Waals surface area contributed by atoms with Crippen LogP contribution in [-0.4, -0.2) is 26.8 Å². The lowest BCUT2D eigenvalue weighted by atomic mass is 10.0. The number of nitrogens with one attached hydrogen (secondary N) is 2. The molecule has 0 aliphatic rings. The average Bonchev–Trinajstić information content (AvgIpc) is 2.34. The maximum Gasteiger partial charge on any atom is 0.232 e. The first-order valence-electron chi connectivity index (χ1n) is 7.14. The van der Waals surface area contributed by atoms with Crippen LogP contribution in [0.1, 0.15) is 45.6 Å². The third kappa shape index (κ3) is 6.39. The monoisotopic (exact) mass is 298 g/mol. The van der Waals surface area contributed by atoms with Gasteiger partial charge in [-0.15, -0.1) is 0 Å². The van der Waals surface area contributed by atoms with E-state index in [0.29, 0.717) is 30.6 Å². The van der Waals surface area contributed by atoms with Crippen LogP contribution in [0.4, 0.5) is 5.69 Å². The quantitative estimate of drug-likeness (QED) is 0.725. The molecule has 1 aromatic rings. The predicted octanol–water partition coefficient (Wildman–Crippen LogP) is 2.94. The Labute approximate surface area is 123 Å². The van der Waals surface area contributed by atoms with Crippen LogP contribution in [0.2, 0.25) is 0 Å². The molecule has 20 heavy (non-hydrogen) atoms. The van der Waals surface area contributed by atoms with Gasteiger partial charge in [0, 0.05) is 11.7 Å². The van der Waals surface area contributed by atoms with Crippen molar-refractivity contribution in [3.63, 3.8) is 0 Å². The third-order valence-corrected chi connectivity index (χ3v) is 4.34. The second kappa shape index (κ2) is 7.64. The lowest BCUT2D eigenvalue weighted by Crippen LogP contribution is -2.26. The molecule has 0 heterocycles. The highest BCUT2D eigenvalue weighted by atomic mass is 32.2. The van der Waals surface area contributed by atoms with Crippen molar-refractivity contribution in [3.05, 3.63) is 29.8 Å². The third-order valence-electron chi connectivity index (χ3n) is 2.97. The van der Waals surface area contributed by atoms with Gasteiger partial charge in [-0.1, -0.05) is 39.8 Å². The highest BCUT2D eigenvalue weighted by molar-refractivity contribution is 7.92. The van der Waals surface area contributed by atoms with Crippen LogP contribution >= 0.6 is 0 Å². The summed E-state index contributed by atoms with van der Waals surface area (Å²) in [7, 11) is -3.27. The van der Waals surface area contributed by atoms with Crippen LogP contribution in [0.25, 0.3) is 0 Å². The lowest BCUT2D eigenvalue weighted by Gasteiger charge is -2.12. The Morgan fingerprint density at radius 3 is 2.45 bits per heavy atom. The number of anilines is 1. The Balaban J connectivity index is 2.55. The highest BCUT2D eigenvalue weighted by Gasteiger charge is 2.11. The molecule has 0 spiro atoms. The van der Waals surface area contributed by atoms with Crippen molar-refractivity contribution in [1.29, 1.82) is 0 Å². The molecule has 114 valence electrons. The fourth-order valence-electron chi connectivity index (χ4n) is 1.84. The molecular weight excluding hydrogens is 272 g/mol. The van der Waals surface area contributed by atoms with Gasteiger partial charge in [0.1, 0.15) is 0 Å². The summed E-state index contributed by atoms with van der Waals surface area (Å²) in [5.74, 6) is 0.522. The molecule has 1 aromatic carbocycles. The zero-order chi connectivity index (χ0) is 15.2. The first-order chi connectivity index (χ1) is 9.30. The van der Waals surface area contributed by atoms with E-state index in [1.165, 1.54) is 0 Å². The summed E-state index contributed by atoms with van der Waals surface area (Å²) in [5.41, 5.74) is 1.78. The second-order valence-corrected chi connectivity index (χ2v) is 7.51. The van der Waals surface area contributed by atoms with Gasteiger partial charge in [0.15, 0.2) is 0 Å². The summed E-state index contributed by atoms with van der Waals surface area (Å²) in [4.78, 5) is 0. The molecule has 2 N–H and O–H groups in total. The van der Waals surface area contributed by atoms with Crippen molar-refractivity contribution in [2.24, 2.45) is 0 Å². The van der Waals surface area contributed by atoms with E-state index < -0.39 is 10.0 Å². The highest BCUT2D eigenvalue weighted by Crippen LogP contribution is 2.19. The Hall–Kier alpha value is -1.07. The van der Waals surface area contributed by atoms with Crippen molar-refractivity contribution in [1.82, 2.24) is 5.32 Å². The summed E-state index contributed by atoms with van der Waals surface area (Å²) in [6, 6.07) is 7.96. The van der Waals surface area contributed by atoms with Crippen molar-refractivity contribution >= 4 is 15.7 Å². The molecule has 0 radical (unpaired) electrons. The van der Waals surface area contributed by atoms with Crippen LogP contribution in [0.15, 0.2) is 24.3 Å². The minimum absolute atomic E-state index is 0.138. The fraction of sp³-hybridized carbons (Fsp3) is 0.600. The van der Waals surface area contributed by atoms with E-state index in [-0.39, 0.29) is 5.75 Å². The SMILES string of the molecule is CC(C)NCCCS(=O)(=O)Nc1cccc(C(C)C)c1. The van der Waals surface area contributed by atoms with E-state index in [1.54, 1.807) is 6.07 Å². The predicted molar refractivity (Wildman–Crippen MR) is 85.7 cm³/mol. The van der Waals surface area contributed by atoms with Gasteiger partial charge >= 0.3 is 0 Å². The van der Waals surface area contributed by atoms with Gasteiger partial charge in [-0.2, -0.15) is 0 Å². The van der Waals surface area contributed by atoms with Crippen LogP contribution in [-0.2, 0) is 10.0 Å². The molecule has 0 bridgehead atoms. The fourth-order valence-corrected chi connectivity index (χ4v) is 2.96. The summed E-state index contributed by atoms with van der Waals surface area (Å²) < 4.78 is 26.6. The smallest absolute Gasteiger partial charge is 0.232 e. The largest absolute Gasteiger partial charge is 0.314 e. The normalized spacial score (nSPS) is 12.1. The van der Waals surface area contributed by atoms with Crippen molar-refractivity contribution in [3.8, 4) is 0 Å². The van der Waals surface area contributed by atoms with Gasteiger partial charge in [-0.3, -0.25) is 4.72 Å². The maximum atomic E-state index is 12.0. The number of hydrogen-bond acceptors (Lipinski definition) is 3. The van der Waals surface area contributed by atoms with Crippen LogP contribution in [0.3, 0.4) is 0 Å². The van der Waals surface area contributed by atoms with Crippen molar-refractivity contribution in [2.45, 2.75) is 46.1 Å². The van der Waals surface area contributed by atoms with Gasteiger partial charge < -0.3 is 5.32 Å². The molecule has 1 rings (SSSR count). The van der Waals surface area contributed by atoms with E-state index in [4.69, 9.17) is 0 Å². The van der Waals surface area contributed by atoms with E-state index in [9.17, 15) is 8.42 Å². The van der Waals surface area contributed by atoms with Gasteiger partial charge in [0.25, 0.3) is 0 Å². The van der Waals surface area contributed by atoms with Crippen molar-refractivity contribution < 1.29 is 8.42 Å². The molecule has 0 saturated heterocycles. The summed E-state index contributed by atoms with van der Waals surface area (Å²) in [5, 5.41) is 3.21. The minimum atomic E-state index is -3.27. The number of rotatable bonds is 8. The number of sulfonamides is 1. The molecule has 0 fully saturated rings. The maximum absolute atomic E-state index is 12.0. The van der Waals surface area contributed by atoms with Gasteiger partial charge in [0.05, 0.1) is 5.75 Å². The van der Waals surface area contributed by atoms with E-state index >= 15 is 0 Å².